The van der Waals surface area contributed by atoms with Crippen molar-refractivity contribution in [2.45, 2.75) is 0 Å². The Morgan fingerprint density at radius 2 is 1.89 bits per heavy atom. The van der Waals surface area contributed by atoms with Gasteiger partial charge in [0.15, 0.2) is 0 Å². The maximum absolute atomic E-state index is 13.1. The Labute approximate surface area is 100 Å². The number of aromatic amines is 1. The van der Waals surface area contributed by atoms with Gasteiger partial charge in [-0.25, -0.2) is 13.5 Å². The molecule has 0 saturated heterocycles. The Kier molecular flexibility index (Phi) is 2.36. The van der Waals surface area contributed by atoms with E-state index in [9.17, 15) is 8.78 Å². The normalized spacial score (nSPS) is 10.8. The Bertz CT molecular complexity index is 654. The number of aromatic nitrogens is 5. The van der Waals surface area contributed by atoms with E-state index < -0.39 is 11.6 Å². The highest BCUT2D eigenvalue weighted by Crippen LogP contribution is 2.16. The first-order chi connectivity index (χ1) is 8.72. The second kappa shape index (κ2) is 4.02. The minimum absolute atomic E-state index is 0.269. The molecular weight excluding hydrogens is 240 g/mol. The zero-order chi connectivity index (χ0) is 12.5. The Balaban J connectivity index is 2.03. The summed E-state index contributed by atoms with van der Waals surface area (Å²) >= 11 is 0. The van der Waals surface area contributed by atoms with Crippen LogP contribution in [0.4, 0.5) is 8.78 Å². The van der Waals surface area contributed by atoms with Crippen LogP contribution in [0.2, 0.25) is 0 Å². The van der Waals surface area contributed by atoms with E-state index in [2.05, 4.69) is 20.5 Å². The van der Waals surface area contributed by atoms with Crippen LogP contribution in [0.25, 0.3) is 17.1 Å². The number of hydrogen-bond acceptors (Lipinski definition) is 3. The predicted molar refractivity (Wildman–Crippen MR) is 58.9 cm³/mol. The fourth-order valence-electron chi connectivity index (χ4n) is 1.58. The van der Waals surface area contributed by atoms with Crippen LogP contribution >= 0.6 is 0 Å². The topological polar surface area (TPSA) is 59.4 Å². The number of rotatable bonds is 2. The van der Waals surface area contributed by atoms with Crippen LogP contribution in [0.1, 0.15) is 0 Å². The molecule has 0 atom stereocenters. The van der Waals surface area contributed by atoms with Gasteiger partial charge in [0, 0.05) is 12.3 Å². The van der Waals surface area contributed by atoms with Gasteiger partial charge in [0.2, 0.25) is 0 Å². The van der Waals surface area contributed by atoms with Crippen LogP contribution in [0.5, 0.6) is 0 Å². The molecule has 0 spiro atoms. The molecule has 2 heterocycles. The SMILES string of the molecule is Fc1cc(F)cc(-n2cc(-c3ccn[nH]3)nn2)c1. The van der Waals surface area contributed by atoms with Crippen molar-refractivity contribution < 1.29 is 8.78 Å². The molecule has 0 unspecified atom stereocenters. The van der Waals surface area contributed by atoms with Crippen molar-refractivity contribution in [1.82, 2.24) is 25.2 Å². The summed E-state index contributed by atoms with van der Waals surface area (Å²) in [5.74, 6) is -1.33. The molecular formula is C11H7F2N5. The zero-order valence-corrected chi connectivity index (χ0v) is 9.01. The first-order valence-electron chi connectivity index (χ1n) is 5.11. The monoisotopic (exact) mass is 247 g/mol. The van der Waals surface area contributed by atoms with E-state index in [0.29, 0.717) is 11.4 Å². The Hall–Kier alpha value is -2.57. The van der Waals surface area contributed by atoms with E-state index in [4.69, 9.17) is 0 Å². The van der Waals surface area contributed by atoms with Crippen molar-refractivity contribution in [3.8, 4) is 17.1 Å². The summed E-state index contributed by atoms with van der Waals surface area (Å²) in [5, 5.41) is 14.2. The van der Waals surface area contributed by atoms with Gasteiger partial charge in [0.25, 0.3) is 0 Å². The standard InChI is InChI=1S/C11H7F2N5/c12-7-3-8(13)5-9(4-7)18-6-11(16-17-18)10-1-2-14-15-10/h1-6H,(H,14,15). The average molecular weight is 247 g/mol. The van der Waals surface area contributed by atoms with Crippen LogP contribution in [0.15, 0.2) is 36.7 Å². The van der Waals surface area contributed by atoms with Crippen molar-refractivity contribution in [2.24, 2.45) is 0 Å². The highest BCUT2D eigenvalue weighted by molar-refractivity contribution is 5.52. The molecule has 5 nitrogen and oxygen atoms in total. The highest BCUT2D eigenvalue weighted by atomic mass is 19.1. The maximum atomic E-state index is 13.1. The van der Waals surface area contributed by atoms with Gasteiger partial charge in [0.1, 0.15) is 17.3 Å². The number of halogens is 2. The molecule has 0 aliphatic carbocycles. The van der Waals surface area contributed by atoms with Crippen molar-refractivity contribution in [3.63, 3.8) is 0 Å². The molecule has 3 rings (SSSR count). The lowest BCUT2D eigenvalue weighted by atomic mass is 10.3. The van der Waals surface area contributed by atoms with Crippen LogP contribution in [0.3, 0.4) is 0 Å². The highest BCUT2D eigenvalue weighted by Gasteiger charge is 2.08. The predicted octanol–water partition coefficient (Wildman–Crippen LogP) is 1.94. The summed E-state index contributed by atoms with van der Waals surface area (Å²) in [5.41, 5.74) is 1.49. The first kappa shape index (κ1) is 10.6. The molecule has 90 valence electrons. The minimum Gasteiger partial charge on any atom is -0.276 e. The van der Waals surface area contributed by atoms with Crippen LogP contribution < -0.4 is 0 Å². The molecule has 0 bridgehead atoms. The van der Waals surface area contributed by atoms with Gasteiger partial charge in [-0.15, -0.1) is 5.10 Å². The third-order valence-corrected chi connectivity index (χ3v) is 2.38. The van der Waals surface area contributed by atoms with E-state index in [1.807, 2.05) is 0 Å². The fourth-order valence-corrected chi connectivity index (χ4v) is 1.58. The van der Waals surface area contributed by atoms with Gasteiger partial charge in [-0.2, -0.15) is 5.10 Å². The second-order valence-electron chi connectivity index (χ2n) is 3.65. The number of nitrogens with zero attached hydrogens (tertiary/aromatic N) is 4. The van der Waals surface area contributed by atoms with Crippen LogP contribution in [-0.4, -0.2) is 25.2 Å². The van der Waals surface area contributed by atoms with Gasteiger partial charge in [0.05, 0.1) is 17.6 Å². The van der Waals surface area contributed by atoms with Gasteiger partial charge in [-0.3, -0.25) is 5.10 Å². The molecule has 0 radical (unpaired) electrons. The molecule has 7 heteroatoms. The van der Waals surface area contributed by atoms with Gasteiger partial charge < -0.3 is 0 Å². The van der Waals surface area contributed by atoms with Gasteiger partial charge in [-0.05, 0) is 18.2 Å². The number of H-pyrrole nitrogens is 1. The molecule has 0 amide bonds. The number of nitrogens with one attached hydrogen (secondary N) is 1. The van der Waals surface area contributed by atoms with Gasteiger partial charge >= 0.3 is 0 Å². The third-order valence-electron chi connectivity index (χ3n) is 2.38. The van der Waals surface area contributed by atoms with E-state index in [1.54, 1.807) is 18.5 Å². The first-order valence-corrected chi connectivity index (χ1v) is 5.11. The van der Waals surface area contributed by atoms with Crippen LogP contribution in [-0.2, 0) is 0 Å². The third kappa shape index (κ3) is 1.86. The lowest BCUT2D eigenvalue weighted by Gasteiger charge is -1.99. The number of hydrogen-bond donors (Lipinski definition) is 1. The van der Waals surface area contributed by atoms with Crippen LogP contribution in [0, 0.1) is 11.6 Å². The molecule has 2 aromatic heterocycles. The molecule has 1 N–H and O–H groups in total. The quantitative estimate of drug-likeness (QED) is 0.752. The summed E-state index contributed by atoms with van der Waals surface area (Å²) < 4.78 is 27.4. The lowest BCUT2D eigenvalue weighted by molar-refractivity contribution is 0.579. The van der Waals surface area contributed by atoms with Crippen molar-refractivity contribution >= 4 is 0 Å². The zero-order valence-electron chi connectivity index (χ0n) is 9.01. The maximum Gasteiger partial charge on any atom is 0.131 e. The fraction of sp³-hybridized carbons (Fsp3) is 0. The van der Waals surface area contributed by atoms with Crippen molar-refractivity contribution in [2.75, 3.05) is 0 Å². The second-order valence-corrected chi connectivity index (χ2v) is 3.65. The van der Waals surface area contributed by atoms with E-state index in [0.717, 1.165) is 6.07 Å². The lowest BCUT2D eigenvalue weighted by Crippen LogP contribution is -1.96. The smallest absolute Gasteiger partial charge is 0.131 e. The minimum atomic E-state index is -0.663. The largest absolute Gasteiger partial charge is 0.276 e. The Morgan fingerprint density at radius 3 is 2.56 bits per heavy atom. The summed E-state index contributed by atoms with van der Waals surface area (Å²) in [6.45, 7) is 0. The van der Waals surface area contributed by atoms with Gasteiger partial charge in [-0.1, -0.05) is 5.21 Å². The summed E-state index contributed by atoms with van der Waals surface area (Å²) in [6.07, 6.45) is 3.14. The molecule has 3 aromatic rings. The molecule has 0 fully saturated rings. The van der Waals surface area contributed by atoms with E-state index >= 15 is 0 Å². The summed E-state index contributed by atoms with van der Waals surface area (Å²) in [4.78, 5) is 0. The molecule has 1 aromatic carbocycles. The molecule has 0 saturated carbocycles. The summed E-state index contributed by atoms with van der Waals surface area (Å²) in [7, 11) is 0. The van der Waals surface area contributed by atoms with Crippen molar-refractivity contribution in [1.29, 1.82) is 0 Å². The van der Waals surface area contributed by atoms with Crippen molar-refractivity contribution in [3.05, 3.63) is 48.3 Å². The summed E-state index contributed by atoms with van der Waals surface area (Å²) in [6, 6.07) is 4.87. The van der Waals surface area contributed by atoms with E-state index in [-0.39, 0.29) is 5.69 Å². The molecule has 0 aliphatic heterocycles. The Morgan fingerprint density at radius 1 is 1.11 bits per heavy atom. The number of benzene rings is 1. The van der Waals surface area contributed by atoms with E-state index in [1.165, 1.54) is 16.8 Å². The molecule has 18 heavy (non-hydrogen) atoms. The average Bonchev–Trinajstić information content (AvgIpc) is 2.99. The molecule has 0 aliphatic rings.